The van der Waals surface area contributed by atoms with Crippen LogP contribution in [-0.4, -0.2) is 44.0 Å². The average molecular weight is 598 g/mol. The van der Waals surface area contributed by atoms with Gasteiger partial charge in [-0.3, -0.25) is 4.79 Å². The monoisotopic (exact) mass is 597 g/mol. The van der Waals surface area contributed by atoms with Crippen LogP contribution < -0.4 is 10.4 Å². The normalized spacial score (nSPS) is 18.2. The smallest absolute Gasteiger partial charge is 0.416 e. The zero-order chi connectivity index (χ0) is 31.2. The van der Waals surface area contributed by atoms with Crippen LogP contribution in [-0.2, 0) is 20.4 Å². The van der Waals surface area contributed by atoms with E-state index in [2.05, 4.69) is 108 Å². The third kappa shape index (κ3) is 7.36. The summed E-state index contributed by atoms with van der Waals surface area (Å²) in [5.74, 6) is -0.410. The molecule has 0 spiro atoms. The van der Waals surface area contributed by atoms with Gasteiger partial charge < -0.3 is 9.16 Å². The Morgan fingerprint density at radius 1 is 0.930 bits per heavy atom. The second-order valence-electron chi connectivity index (χ2n) is 13.1. The molecule has 1 aliphatic heterocycles. The average Bonchev–Trinajstić information content (AvgIpc) is 3.35. The van der Waals surface area contributed by atoms with E-state index < -0.39 is 14.4 Å². The maximum Gasteiger partial charge on any atom is 0.416 e. The molecule has 1 fully saturated rings. The molecular formula is C37H47NO4Si. The summed E-state index contributed by atoms with van der Waals surface area (Å²) in [4.78, 5) is 27.4. The highest BCUT2D eigenvalue weighted by Gasteiger charge is 2.51. The lowest BCUT2D eigenvalue weighted by Crippen LogP contribution is -2.67. The summed E-state index contributed by atoms with van der Waals surface area (Å²) in [5.41, 5.74) is 2.19. The molecule has 0 radical (unpaired) electrons. The Kier molecular flexibility index (Phi) is 10.5. The van der Waals surface area contributed by atoms with Gasteiger partial charge in [0.15, 0.2) is 0 Å². The van der Waals surface area contributed by atoms with Crippen molar-refractivity contribution >= 4 is 30.7 Å². The predicted octanol–water partition coefficient (Wildman–Crippen LogP) is 7.15. The number of cyclic esters (lactones) is 1. The Morgan fingerprint density at radius 3 is 1.95 bits per heavy atom. The molecule has 43 heavy (non-hydrogen) atoms. The first-order chi connectivity index (χ1) is 20.4. The SMILES string of the molecule is C/C(=C\[C@H](C)[C@@H](C)O[Si](c1ccccc1)(c1ccccc1)C(C)(C)C)C[C@H](C)C(=O)N1C(=O)OC[C@H]1Cc1ccccc1. The van der Waals surface area contributed by atoms with Crippen LogP contribution in [0.4, 0.5) is 4.79 Å². The molecule has 6 heteroatoms. The number of hydrogen-bond acceptors (Lipinski definition) is 4. The molecule has 5 nitrogen and oxygen atoms in total. The Morgan fingerprint density at radius 2 is 1.44 bits per heavy atom. The van der Waals surface area contributed by atoms with Gasteiger partial charge in [-0.2, -0.15) is 0 Å². The summed E-state index contributed by atoms with van der Waals surface area (Å²) in [7, 11) is -2.68. The number of allylic oxidation sites excluding steroid dienone is 1. The largest absolute Gasteiger partial charge is 0.447 e. The van der Waals surface area contributed by atoms with Crippen LogP contribution in [0.2, 0.25) is 5.04 Å². The molecule has 2 amide bonds. The molecule has 0 aliphatic carbocycles. The van der Waals surface area contributed by atoms with Crippen molar-refractivity contribution in [3.05, 3.63) is 108 Å². The lowest BCUT2D eigenvalue weighted by molar-refractivity contribution is -0.132. The number of imide groups is 1. The second-order valence-corrected chi connectivity index (χ2v) is 17.3. The molecule has 0 bridgehead atoms. The summed E-state index contributed by atoms with van der Waals surface area (Å²) in [6, 6.07) is 31.0. The molecule has 1 heterocycles. The summed E-state index contributed by atoms with van der Waals surface area (Å²) in [5, 5.41) is 2.41. The molecular weight excluding hydrogens is 550 g/mol. The molecule has 0 unspecified atom stereocenters. The minimum atomic E-state index is -2.68. The van der Waals surface area contributed by atoms with Crippen LogP contribution >= 0.6 is 0 Å². The minimum absolute atomic E-state index is 0.0592. The number of amides is 2. The molecule has 4 rings (SSSR count). The van der Waals surface area contributed by atoms with Crippen molar-refractivity contribution in [2.24, 2.45) is 11.8 Å². The van der Waals surface area contributed by atoms with Crippen LogP contribution in [0.15, 0.2) is 103 Å². The van der Waals surface area contributed by atoms with Gasteiger partial charge in [0, 0.05) is 12.0 Å². The van der Waals surface area contributed by atoms with Crippen LogP contribution in [0.3, 0.4) is 0 Å². The van der Waals surface area contributed by atoms with Gasteiger partial charge in [-0.15, -0.1) is 0 Å². The zero-order valence-electron chi connectivity index (χ0n) is 26.7. The van der Waals surface area contributed by atoms with E-state index in [0.717, 1.165) is 11.1 Å². The van der Waals surface area contributed by atoms with E-state index in [1.54, 1.807) is 0 Å². The molecule has 0 N–H and O–H groups in total. The van der Waals surface area contributed by atoms with Gasteiger partial charge in [-0.25, -0.2) is 9.69 Å². The topological polar surface area (TPSA) is 55.8 Å². The molecule has 4 atom stereocenters. The third-order valence-corrected chi connectivity index (χ3v) is 13.8. The Balaban J connectivity index is 1.50. The fourth-order valence-corrected chi connectivity index (χ4v) is 11.1. The van der Waals surface area contributed by atoms with Gasteiger partial charge in [0.05, 0.1) is 6.04 Å². The third-order valence-electron chi connectivity index (χ3n) is 8.63. The number of benzene rings is 3. The fraction of sp³-hybridized carbons (Fsp3) is 0.405. The number of ether oxygens (including phenoxy) is 1. The van der Waals surface area contributed by atoms with E-state index >= 15 is 0 Å². The Bertz CT molecular complexity index is 1340. The number of nitrogens with zero attached hydrogens (tertiary/aromatic N) is 1. The van der Waals surface area contributed by atoms with E-state index in [1.165, 1.54) is 15.3 Å². The van der Waals surface area contributed by atoms with Crippen molar-refractivity contribution in [3.63, 3.8) is 0 Å². The Labute approximate surface area is 259 Å². The highest BCUT2D eigenvalue weighted by Crippen LogP contribution is 2.38. The summed E-state index contributed by atoms with van der Waals surface area (Å²) < 4.78 is 12.6. The van der Waals surface area contributed by atoms with Crippen LogP contribution in [0.25, 0.3) is 0 Å². The minimum Gasteiger partial charge on any atom is -0.447 e. The number of carbonyl (C=O) groups is 2. The lowest BCUT2D eigenvalue weighted by Gasteiger charge is -2.45. The van der Waals surface area contributed by atoms with Gasteiger partial charge in [0.2, 0.25) is 5.91 Å². The zero-order valence-corrected chi connectivity index (χ0v) is 27.7. The molecule has 0 aromatic heterocycles. The maximum absolute atomic E-state index is 13.5. The van der Waals surface area contributed by atoms with E-state index in [-0.39, 0.29) is 41.5 Å². The van der Waals surface area contributed by atoms with Gasteiger partial charge in [0.1, 0.15) is 6.61 Å². The fourth-order valence-electron chi connectivity index (χ4n) is 6.30. The predicted molar refractivity (Wildman–Crippen MR) is 177 cm³/mol. The summed E-state index contributed by atoms with van der Waals surface area (Å²) in [6.45, 7) is 15.4. The quantitative estimate of drug-likeness (QED) is 0.174. The van der Waals surface area contributed by atoms with Gasteiger partial charge in [-0.1, -0.05) is 137 Å². The van der Waals surface area contributed by atoms with E-state index in [4.69, 9.17) is 9.16 Å². The highest BCUT2D eigenvalue weighted by molar-refractivity contribution is 6.99. The lowest BCUT2D eigenvalue weighted by atomic mass is 9.95. The van der Waals surface area contributed by atoms with Crippen LogP contribution in [0.5, 0.6) is 0 Å². The van der Waals surface area contributed by atoms with Crippen molar-refractivity contribution in [1.29, 1.82) is 0 Å². The van der Waals surface area contributed by atoms with Crippen LogP contribution in [0, 0.1) is 11.8 Å². The maximum atomic E-state index is 13.5. The summed E-state index contributed by atoms with van der Waals surface area (Å²) >= 11 is 0. The van der Waals surface area contributed by atoms with Gasteiger partial charge in [-0.05, 0) is 53.6 Å². The Hall–Kier alpha value is -3.48. The first kappa shape index (κ1) is 32.4. The van der Waals surface area contributed by atoms with Crippen molar-refractivity contribution in [1.82, 2.24) is 4.90 Å². The molecule has 0 saturated carbocycles. The second kappa shape index (κ2) is 13.9. The van der Waals surface area contributed by atoms with Crippen molar-refractivity contribution in [3.8, 4) is 0 Å². The van der Waals surface area contributed by atoms with Gasteiger partial charge in [0.25, 0.3) is 8.32 Å². The standard InChI is InChI=1S/C37H47NO4Si/c1-27(24-29(3)35(39)38-32(26-41-36(38)40)25-31-17-11-8-12-18-31)23-28(2)30(4)42-43(37(5,6)7,33-19-13-9-14-20-33)34-21-15-10-16-22-34/h8-23,28-30,32H,24-26H2,1-7H3/b27-23+/t28-,29-,30+,32+/m0/s1. The van der Waals surface area contributed by atoms with E-state index in [1.807, 2.05) is 37.3 Å². The molecule has 1 saturated heterocycles. The number of hydrogen-bond donors (Lipinski definition) is 0. The van der Waals surface area contributed by atoms with E-state index in [0.29, 0.717) is 12.8 Å². The number of rotatable bonds is 11. The first-order valence-electron chi connectivity index (χ1n) is 15.4. The van der Waals surface area contributed by atoms with Crippen molar-refractivity contribution in [2.75, 3.05) is 6.61 Å². The first-order valence-corrected chi connectivity index (χ1v) is 17.3. The van der Waals surface area contributed by atoms with Gasteiger partial charge >= 0.3 is 6.09 Å². The van der Waals surface area contributed by atoms with Crippen molar-refractivity contribution < 1.29 is 18.8 Å². The van der Waals surface area contributed by atoms with Crippen LogP contribution in [0.1, 0.15) is 60.5 Å². The molecule has 3 aromatic carbocycles. The molecule has 228 valence electrons. The highest BCUT2D eigenvalue weighted by atomic mass is 28.4. The molecule has 1 aliphatic rings. The summed E-state index contributed by atoms with van der Waals surface area (Å²) in [6.07, 6.45) is 2.79. The van der Waals surface area contributed by atoms with Crippen molar-refractivity contribution in [2.45, 2.75) is 78.5 Å². The number of carbonyl (C=O) groups excluding carboxylic acids is 2. The van der Waals surface area contributed by atoms with E-state index in [9.17, 15) is 9.59 Å². The molecule has 3 aromatic rings.